The third kappa shape index (κ3) is 6.81. The van der Waals surface area contributed by atoms with E-state index in [1.165, 1.54) is 6.26 Å². The molecule has 7 heteroatoms. The average Bonchev–Trinajstić information content (AvgIpc) is 2.62. The molecule has 1 atom stereocenters. The number of carbonyl (C=O) groups excluding carboxylic acids is 1. The lowest BCUT2D eigenvalue weighted by Gasteiger charge is -2.29. The highest BCUT2D eigenvalue weighted by molar-refractivity contribution is 7.90. The largest absolute Gasteiger partial charge is 0.449 e. The number of hydrogen-bond acceptors (Lipinski definition) is 5. The third-order valence-electron chi connectivity index (χ3n) is 5.09. The van der Waals surface area contributed by atoms with Crippen molar-refractivity contribution in [2.24, 2.45) is 0 Å². The number of sulfone groups is 1. The van der Waals surface area contributed by atoms with Gasteiger partial charge in [0, 0.05) is 25.4 Å². The van der Waals surface area contributed by atoms with E-state index >= 15 is 0 Å². The van der Waals surface area contributed by atoms with Gasteiger partial charge in [0.25, 0.3) is 0 Å². The zero-order valence-corrected chi connectivity index (χ0v) is 17.5. The fourth-order valence-electron chi connectivity index (χ4n) is 3.45. The minimum atomic E-state index is -3.14. The van der Waals surface area contributed by atoms with Gasteiger partial charge in [-0.15, -0.1) is 0 Å². The van der Waals surface area contributed by atoms with Gasteiger partial charge in [0.05, 0.1) is 11.5 Å². The van der Waals surface area contributed by atoms with Crippen molar-refractivity contribution >= 4 is 15.9 Å². The average molecular weight is 397 g/mol. The molecule has 1 aliphatic rings. The number of amides is 1. The van der Waals surface area contributed by atoms with Gasteiger partial charge in [-0.05, 0) is 63.4 Å². The first kappa shape index (κ1) is 21.7. The SMILES string of the molecule is CCN(CCCCN1CCCOC1=O)[C@@H](C)Cc1ccc(S(C)(=O)=O)cc1. The molecule has 1 fully saturated rings. The van der Waals surface area contributed by atoms with Crippen LogP contribution in [0.3, 0.4) is 0 Å². The van der Waals surface area contributed by atoms with E-state index in [4.69, 9.17) is 4.74 Å². The number of cyclic esters (lactones) is 1. The number of nitrogens with zero attached hydrogens (tertiary/aromatic N) is 2. The van der Waals surface area contributed by atoms with Gasteiger partial charge in [0.1, 0.15) is 0 Å². The maximum absolute atomic E-state index is 11.6. The van der Waals surface area contributed by atoms with E-state index in [-0.39, 0.29) is 6.09 Å². The van der Waals surface area contributed by atoms with E-state index in [1.54, 1.807) is 17.0 Å². The summed E-state index contributed by atoms with van der Waals surface area (Å²) in [5.74, 6) is 0. The second kappa shape index (κ2) is 10.1. The molecular formula is C20H32N2O4S. The number of likely N-dealkylation sites (N-methyl/N-ethyl adjacent to an activating group) is 1. The van der Waals surface area contributed by atoms with Gasteiger partial charge >= 0.3 is 6.09 Å². The Morgan fingerprint density at radius 2 is 1.93 bits per heavy atom. The molecule has 1 aromatic rings. The Bertz CT molecular complexity index is 703. The van der Waals surface area contributed by atoms with Crippen molar-refractivity contribution < 1.29 is 17.9 Å². The van der Waals surface area contributed by atoms with Crippen molar-refractivity contribution in [3.8, 4) is 0 Å². The number of hydrogen-bond donors (Lipinski definition) is 0. The number of carbonyl (C=O) groups is 1. The Labute approximate surface area is 163 Å². The molecule has 0 aromatic heterocycles. The minimum Gasteiger partial charge on any atom is -0.449 e. The van der Waals surface area contributed by atoms with Crippen molar-refractivity contribution in [1.29, 1.82) is 0 Å². The lowest BCUT2D eigenvalue weighted by molar-refractivity contribution is 0.0717. The van der Waals surface area contributed by atoms with Gasteiger partial charge in [-0.25, -0.2) is 13.2 Å². The van der Waals surface area contributed by atoms with Crippen LogP contribution in [0.2, 0.25) is 0 Å². The quantitative estimate of drug-likeness (QED) is 0.569. The van der Waals surface area contributed by atoms with Crippen molar-refractivity contribution in [3.05, 3.63) is 29.8 Å². The maximum atomic E-state index is 11.6. The summed E-state index contributed by atoms with van der Waals surface area (Å²) in [7, 11) is -3.14. The summed E-state index contributed by atoms with van der Waals surface area (Å²) < 4.78 is 28.2. The Morgan fingerprint density at radius 3 is 2.52 bits per heavy atom. The van der Waals surface area contributed by atoms with E-state index in [1.807, 2.05) is 12.1 Å². The van der Waals surface area contributed by atoms with E-state index in [0.717, 1.165) is 57.4 Å². The van der Waals surface area contributed by atoms with Gasteiger partial charge in [-0.3, -0.25) is 0 Å². The Kier molecular flexibility index (Phi) is 8.10. The molecule has 152 valence electrons. The van der Waals surface area contributed by atoms with Gasteiger partial charge in [0.2, 0.25) is 0 Å². The Balaban J connectivity index is 1.77. The third-order valence-corrected chi connectivity index (χ3v) is 6.22. The van der Waals surface area contributed by atoms with Gasteiger partial charge in [-0.1, -0.05) is 19.1 Å². The van der Waals surface area contributed by atoms with E-state index in [0.29, 0.717) is 17.5 Å². The van der Waals surface area contributed by atoms with Crippen molar-refractivity contribution in [1.82, 2.24) is 9.80 Å². The molecule has 1 heterocycles. The molecule has 1 aromatic carbocycles. The lowest BCUT2D eigenvalue weighted by Crippen LogP contribution is -2.39. The fraction of sp³-hybridized carbons (Fsp3) is 0.650. The summed E-state index contributed by atoms with van der Waals surface area (Å²) in [6, 6.07) is 7.56. The van der Waals surface area contributed by atoms with Crippen molar-refractivity contribution in [3.63, 3.8) is 0 Å². The lowest BCUT2D eigenvalue weighted by atomic mass is 10.1. The first-order valence-corrected chi connectivity index (χ1v) is 11.6. The first-order valence-electron chi connectivity index (χ1n) is 9.76. The highest BCUT2D eigenvalue weighted by Gasteiger charge is 2.19. The van der Waals surface area contributed by atoms with Gasteiger partial charge in [0.15, 0.2) is 9.84 Å². The molecule has 1 saturated heterocycles. The summed E-state index contributed by atoms with van der Waals surface area (Å²) in [5.41, 5.74) is 1.14. The summed E-state index contributed by atoms with van der Waals surface area (Å²) in [4.78, 5) is 16.2. The molecule has 0 N–H and O–H groups in total. The second-order valence-corrected chi connectivity index (χ2v) is 9.28. The highest BCUT2D eigenvalue weighted by atomic mass is 32.2. The van der Waals surface area contributed by atoms with Crippen LogP contribution >= 0.6 is 0 Å². The van der Waals surface area contributed by atoms with Gasteiger partial charge in [-0.2, -0.15) is 0 Å². The molecule has 1 aliphatic heterocycles. The number of unbranched alkanes of at least 4 members (excludes halogenated alkanes) is 1. The van der Waals surface area contributed by atoms with Crippen molar-refractivity contribution in [2.45, 2.75) is 50.5 Å². The predicted molar refractivity (Wildman–Crippen MR) is 107 cm³/mol. The smallest absolute Gasteiger partial charge is 0.409 e. The monoisotopic (exact) mass is 396 g/mol. The van der Waals surface area contributed by atoms with Crippen LogP contribution in [0.1, 0.15) is 38.7 Å². The van der Waals surface area contributed by atoms with Gasteiger partial charge < -0.3 is 14.5 Å². The highest BCUT2D eigenvalue weighted by Crippen LogP contribution is 2.14. The normalized spacial score (nSPS) is 16.4. The molecule has 0 spiro atoms. The molecule has 0 radical (unpaired) electrons. The predicted octanol–water partition coefficient (Wildman–Crippen LogP) is 2.97. The number of benzene rings is 1. The van der Waals surface area contributed by atoms with Crippen molar-refractivity contribution in [2.75, 3.05) is 39.0 Å². The van der Waals surface area contributed by atoms with E-state index in [2.05, 4.69) is 18.7 Å². The van der Waals surface area contributed by atoms with E-state index in [9.17, 15) is 13.2 Å². The van der Waals surface area contributed by atoms with Crippen LogP contribution in [-0.4, -0.2) is 69.4 Å². The summed E-state index contributed by atoms with van der Waals surface area (Å²) in [6.45, 7) is 8.42. The zero-order chi connectivity index (χ0) is 19.9. The molecule has 0 bridgehead atoms. The molecule has 0 aliphatic carbocycles. The standard InChI is InChI=1S/C20H32N2O4S/c1-4-21(12-5-6-13-22-14-7-15-26-20(22)23)17(2)16-18-8-10-19(11-9-18)27(3,24)25/h8-11,17H,4-7,12-16H2,1-3H3/t17-/m0/s1. The van der Waals surface area contributed by atoms with E-state index < -0.39 is 9.84 Å². The molecular weight excluding hydrogens is 364 g/mol. The van der Waals surface area contributed by atoms with Crippen LogP contribution in [0, 0.1) is 0 Å². The van der Waals surface area contributed by atoms with Crippen LogP contribution in [0.5, 0.6) is 0 Å². The fourth-order valence-corrected chi connectivity index (χ4v) is 4.08. The Morgan fingerprint density at radius 1 is 1.22 bits per heavy atom. The summed E-state index contributed by atoms with van der Waals surface area (Å²) >= 11 is 0. The molecule has 1 amide bonds. The summed E-state index contributed by atoms with van der Waals surface area (Å²) in [5, 5.41) is 0. The Hall–Kier alpha value is -1.60. The maximum Gasteiger partial charge on any atom is 0.409 e. The number of rotatable bonds is 10. The second-order valence-electron chi connectivity index (χ2n) is 7.26. The zero-order valence-electron chi connectivity index (χ0n) is 16.7. The molecule has 2 rings (SSSR count). The molecule has 27 heavy (non-hydrogen) atoms. The molecule has 0 unspecified atom stereocenters. The molecule has 6 nitrogen and oxygen atoms in total. The minimum absolute atomic E-state index is 0.181. The van der Waals surface area contributed by atoms with Crippen LogP contribution in [-0.2, 0) is 21.0 Å². The summed E-state index contributed by atoms with van der Waals surface area (Å²) in [6.07, 6.45) is 4.86. The molecule has 0 saturated carbocycles. The van der Waals surface area contributed by atoms with Crippen LogP contribution in [0.15, 0.2) is 29.2 Å². The van der Waals surface area contributed by atoms with Crippen LogP contribution in [0.4, 0.5) is 4.79 Å². The first-order chi connectivity index (χ1) is 12.8. The number of ether oxygens (including phenoxy) is 1. The topological polar surface area (TPSA) is 66.9 Å². The van der Waals surface area contributed by atoms with Crippen LogP contribution < -0.4 is 0 Å². The van der Waals surface area contributed by atoms with Crippen LogP contribution in [0.25, 0.3) is 0 Å².